The van der Waals surface area contributed by atoms with Gasteiger partial charge in [0.25, 0.3) is 0 Å². The van der Waals surface area contributed by atoms with Crippen molar-refractivity contribution in [1.82, 2.24) is 9.97 Å². The molecule has 1 saturated heterocycles. The van der Waals surface area contributed by atoms with Gasteiger partial charge in [0.1, 0.15) is 11.4 Å². The number of aromatic nitrogens is 2. The van der Waals surface area contributed by atoms with Crippen LogP contribution in [0.5, 0.6) is 0 Å². The van der Waals surface area contributed by atoms with Crippen molar-refractivity contribution in [3.8, 4) is 0 Å². The van der Waals surface area contributed by atoms with E-state index >= 15 is 0 Å². The van der Waals surface area contributed by atoms with E-state index in [0.717, 1.165) is 46.1 Å². The molecule has 9 nitrogen and oxygen atoms in total. The summed E-state index contributed by atoms with van der Waals surface area (Å²) in [4.78, 5) is 13.7. The zero-order valence-corrected chi connectivity index (χ0v) is 28.2. The Labute approximate surface area is 278 Å². The van der Waals surface area contributed by atoms with Gasteiger partial charge in [-0.15, -0.1) is 0 Å². The van der Waals surface area contributed by atoms with Crippen molar-refractivity contribution in [2.24, 2.45) is 0 Å². The van der Waals surface area contributed by atoms with Crippen LogP contribution in [0, 0.1) is 0 Å². The number of anilines is 2. The van der Waals surface area contributed by atoms with Crippen molar-refractivity contribution in [2.45, 2.75) is 49.9 Å². The van der Waals surface area contributed by atoms with Gasteiger partial charge in [0, 0.05) is 61.1 Å². The second-order valence-electron chi connectivity index (χ2n) is 12.2. The fraction of sp³-hybridized carbons (Fsp3) is 0.371. The van der Waals surface area contributed by atoms with E-state index in [0.29, 0.717) is 64.0 Å². The average molecular weight is 706 g/mol. The van der Waals surface area contributed by atoms with E-state index in [4.69, 9.17) is 14.2 Å². The van der Waals surface area contributed by atoms with Crippen molar-refractivity contribution in [1.29, 1.82) is 0 Å². The molecule has 4 heterocycles. The van der Waals surface area contributed by atoms with E-state index in [1.54, 1.807) is 0 Å². The molecule has 0 N–H and O–H groups in total. The van der Waals surface area contributed by atoms with Gasteiger partial charge in [0.05, 0.1) is 37.8 Å². The van der Waals surface area contributed by atoms with Gasteiger partial charge in [-0.05, 0) is 45.1 Å². The molecule has 3 aliphatic rings. The molecule has 3 aliphatic heterocycles. The number of nitrogens with zero attached hydrogens (tertiary/aromatic N) is 4. The monoisotopic (exact) mass is 704 g/mol. The molecule has 3 aromatic carbocycles. The predicted molar refractivity (Wildman–Crippen MR) is 180 cm³/mol. The van der Waals surface area contributed by atoms with E-state index in [1.165, 1.54) is 11.1 Å². The zero-order chi connectivity index (χ0) is 31.7. The van der Waals surface area contributed by atoms with Crippen LogP contribution in [0.2, 0.25) is 0 Å². The fourth-order valence-electron chi connectivity index (χ4n) is 6.65. The van der Waals surface area contributed by atoms with Crippen LogP contribution < -0.4 is 9.80 Å². The van der Waals surface area contributed by atoms with E-state index < -0.39 is 15.4 Å². The number of ether oxygens (including phenoxy) is 3. The summed E-state index contributed by atoms with van der Waals surface area (Å²) in [5.74, 6) is 0.618. The number of sulfone groups is 1. The lowest BCUT2D eigenvalue weighted by Gasteiger charge is -2.43. The van der Waals surface area contributed by atoms with Crippen LogP contribution in [-0.4, -0.2) is 57.6 Å². The molecule has 7 rings (SSSR count). The third-order valence-electron chi connectivity index (χ3n) is 8.88. The molecule has 0 amide bonds. The summed E-state index contributed by atoms with van der Waals surface area (Å²) in [5.41, 5.74) is 6.18. The highest BCUT2D eigenvalue weighted by Gasteiger charge is 2.46. The first-order valence-corrected chi connectivity index (χ1v) is 18.3. The van der Waals surface area contributed by atoms with Gasteiger partial charge in [0.15, 0.2) is 0 Å². The lowest BCUT2D eigenvalue weighted by molar-refractivity contribution is -0.137. The van der Waals surface area contributed by atoms with E-state index in [9.17, 15) is 8.42 Å². The second kappa shape index (κ2) is 13.0. The Morgan fingerprint density at radius 1 is 0.891 bits per heavy atom. The third kappa shape index (κ3) is 6.31. The minimum absolute atomic E-state index is 0.162. The molecule has 0 radical (unpaired) electrons. The van der Waals surface area contributed by atoms with Crippen LogP contribution in [0.15, 0.2) is 82.4 Å². The Morgan fingerprint density at radius 3 is 2.30 bits per heavy atom. The molecule has 0 bridgehead atoms. The van der Waals surface area contributed by atoms with Gasteiger partial charge in [-0.25, -0.2) is 18.4 Å². The lowest BCUT2D eigenvalue weighted by Crippen LogP contribution is -2.45. The first kappa shape index (κ1) is 31.3. The molecular formula is C35H37BrN4O5S. The van der Waals surface area contributed by atoms with E-state index in [2.05, 4.69) is 96.4 Å². The first-order chi connectivity index (χ1) is 22.3. The van der Waals surface area contributed by atoms with Crippen molar-refractivity contribution in [3.63, 3.8) is 0 Å². The summed E-state index contributed by atoms with van der Waals surface area (Å²) in [6, 6.07) is 25.2. The highest BCUT2D eigenvalue weighted by atomic mass is 79.9. The maximum absolute atomic E-state index is 12.8. The van der Waals surface area contributed by atoms with E-state index in [1.807, 2.05) is 12.1 Å². The number of halogens is 1. The molecule has 11 heteroatoms. The van der Waals surface area contributed by atoms with Gasteiger partial charge in [-0.3, -0.25) is 0 Å². The summed E-state index contributed by atoms with van der Waals surface area (Å²) in [6.45, 7) is 5.01. The van der Waals surface area contributed by atoms with Crippen molar-refractivity contribution < 1.29 is 22.6 Å². The maximum Gasteiger partial charge on any atom is 0.249 e. The van der Waals surface area contributed by atoms with Crippen LogP contribution >= 0.6 is 15.9 Å². The first-order valence-electron chi connectivity index (χ1n) is 15.6. The highest BCUT2D eigenvalue weighted by molar-refractivity contribution is 9.10. The SMILES string of the molecule is CS(=O)(=O)c1nc2c(c(N3CCCOCC3)n1)COC1(COCc3ccc(N(Cc4ccccc4)Cc4ccccc4)c(Br)c31)C2. The quantitative estimate of drug-likeness (QED) is 0.229. The Kier molecular flexibility index (Phi) is 8.86. The topological polar surface area (TPSA) is 94.1 Å². The Bertz CT molecular complexity index is 1780. The number of benzene rings is 3. The fourth-order valence-corrected chi connectivity index (χ4v) is 8.18. The molecule has 1 spiro atoms. The van der Waals surface area contributed by atoms with Gasteiger partial charge in [-0.1, -0.05) is 66.7 Å². The van der Waals surface area contributed by atoms with Crippen LogP contribution in [0.3, 0.4) is 0 Å². The molecule has 4 aromatic rings. The third-order valence-corrected chi connectivity index (χ3v) is 10.5. The van der Waals surface area contributed by atoms with Gasteiger partial charge >= 0.3 is 0 Å². The number of hydrogen-bond donors (Lipinski definition) is 0. The minimum Gasteiger partial charge on any atom is -0.380 e. The van der Waals surface area contributed by atoms with Crippen molar-refractivity contribution in [3.05, 3.63) is 111 Å². The van der Waals surface area contributed by atoms with Crippen LogP contribution in [-0.2, 0) is 62.4 Å². The smallest absolute Gasteiger partial charge is 0.249 e. The summed E-state index contributed by atoms with van der Waals surface area (Å²) < 4.78 is 45.3. The summed E-state index contributed by atoms with van der Waals surface area (Å²) >= 11 is 4.05. The number of rotatable bonds is 7. The molecule has 240 valence electrons. The largest absolute Gasteiger partial charge is 0.380 e. The molecule has 1 atom stereocenters. The molecule has 0 saturated carbocycles. The van der Waals surface area contributed by atoms with Crippen molar-refractivity contribution in [2.75, 3.05) is 49.0 Å². The summed E-state index contributed by atoms with van der Waals surface area (Å²) in [6.07, 6.45) is 2.35. The molecule has 1 fully saturated rings. The predicted octanol–water partition coefficient (Wildman–Crippen LogP) is 5.57. The van der Waals surface area contributed by atoms with Crippen molar-refractivity contribution >= 4 is 37.3 Å². The Balaban J connectivity index is 1.31. The van der Waals surface area contributed by atoms with Crippen LogP contribution in [0.25, 0.3) is 0 Å². The van der Waals surface area contributed by atoms with Gasteiger partial charge in [-0.2, -0.15) is 0 Å². The highest BCUT2D eigenvalue weighted by Crippen LogP contribution is 2.48. The zero-order valence-electron chi connectivity index (χ0n) is 25.8. The van der Waals surface area contributed by atoms with Gasteiger partial charge in [0.2, 0.25) is 15.0 Å². The second-order valence-corrected chi connectivity index (χ2v) is 14.9. The maximum atomic E-state index is 12.8. The van der Waals surface area contributed by atoms with Crippen LogP contribution in [0.4, 0.5) is 11.5 Å². The van der Waals surface area contributed by atoms with E-state index in [-0.39, 0.29) is 11.8 Å². The standard InChI is InChI=1S/C35H37BrN4O5S/c1-46(41,42)34-37-29-19-35(45-23-28(29)33(38-34)39-15-8-17-43-18-16-39)24-44-22-27-13-14-30(32(36)31(27)35)40(20-25-9-4-2-5-10-25)21-26-11-6-3-7-12-26/h2-7,9-14H,8,15-24H2,1H3. The number of fused-ring (bicyclic) bond motifs is 3. The lowest BCUT2D eigenvalue weighted by atomic mass is 9.82. The summed E-state index contributed by atoms with van der Waals surface area (Å²) in [7, 11) is -3.66. The molecule has 0 aliphatic carbocycles. The van der Waals surface area contributed by atoms with Gasteiger partial charge < -0.3 is 24.0 Å². The Morgan fingerprint density at radius 2 is 1.61 bits per heavy atom. The summed E-state index contributed by atoms with van der Waals surface area (Å²) in [5, 5.41) is -0.162. The molecule has 1 unspecified atom stereocenters. The normalized spacial score (nSPS) is 19.7. The Hall–Kier alpha value is -3.35. The molecular weight excluding hydrogens is 668 g/mol. The molecule has 1 aromatic heterocycles. The van der Waals surface area contributed by atoms with Crippen LogP contribution in [0.1, 0.15) is 39.9 Å². The molecule has 46 heavy (non-hydrogen) atoms. The average Bonchev–Trinajstić information content (AvgIpc) is 3.34. The number of hydrogen-bond acceptors (Lipinski definition) is 9. The minimum atomic E-state index is -3.66.